The zero-order valence-electron chi connectivity index (χ0n) is 13.8. The van der Waals surface area contributed by atoms with Crippen LogP contribution in [-0.2, 0) is 9.59 Å². The van der Waals surface area contributed by atoms with Gasteiger partial charge in [0.2, 0.25) is 5.91 Å². The normalized spacial score (nSPS) is 15.8. The molecule has 5 nitrogen and oxygen atoms in total. The molecule has 6 heteroatoms. The molecule has 1 aromatic rings. The van der Waals surface area contributed by atoms with Gasteiger partial charge in [-0.1, -0.05) is 24.9 Å². The summed E-state index contributed by atoms with van der Waals surface area (Å²) in [6.07, 6.45) is 2.23. The van der Waals surface area contributed by atoms with Gasteiger partial charge in [-0.05, 0) is 38.5 Å². The van der Waals surface area contributed by atoms with Crippen molar-refractivity contribution in [3.63, 3.8) is 0 Å². The van der Waals surface area contributed by atoms with Gasteiger partial charge < -0.3 is 15.0 Å². The van der Waals surface area contributed by atoms with Gasteiger partial charge in [-0.2, -0.15) is 0 Å². The maximum Gasteiger partial charge on any atom is 0.270 e. The van der Waals surface area contributed by atoms with E-state index >= 15 is 0 Å². The second-order valence-corrected chi connectivity index (χ2v) is 6.57. The van der Waals surface area contributed by atoms with Gasteiger partial charge in [0.05, 0.1) is 5.69 Å². The second kappa shape index (κ2) is 7.21. The summed E-state index contributed by atoms with van der Waals surface area (Å²) in [6, 6.07) is 5.17. The predicted molar refractivity (Wildman–Crippen MR) is 91.0 cm³/mol. The van der Waals surface area contributed by atoms with Crippen molar-refractivity contribution in [3.05, 3.63) is 23.2 Å². The third kappa shape index (κ3) is 4.16. The first-order chi connectivity index (χ1) is 10.8. The van der Waals surface area contributed by atoms with Crippen molar-refractivity contribution in [2.45, 2.75) is 45.6 Å². The van der Waals surface area contributed by atoms with E-state index in [9.17, 15) is 9.59 Å². The fraction of sp³-hybridized carbons (Fsp3) is 0.529. The van der Waals surface area contributed by atoms with E-state index in [1.807, 2.05) is 0 Å². The fourth-order valence-electron chi connectivity index (χ4n) is 2.47. The molecule has 1 aliphatic rings. The number of rotatable bonds is 6. The minimum absolute atomic E-state index is 0.0564. The summed E-state index contributed by atoms with van der Waals surface area (Å²) in [5, 5.41) is 3.39. The molecule has 0 spiro atoms. The van der Waals surface area contributed by atoms with Gasteiger partial charge in [-0.15, -0.1) is 0 Å². The van der Waals surface area contributed by atoms with Crippen LogP contribution in [0.4, 0.5) is 5.69 Å². The van der Waals surface area contributed by atoms with Gasteiger partial charge >= 0.3 is 0 Å². The van der Waals surface area contributed by atoms with Gasteiger partial charge in [0.1, 0.15) is 5.75 Å². The summed E-state index contributed by atoms with van der Waals surface area (Å²) >= 11 is 6.04. The summed E-state index contributed by atoms with van der Waals surface area (Å²) in [5.41, 5.74) is -0.345. The number of ether oxygens (including phenoxy) is 1. The monoisotopic (exact) mass is 338 g/mol. The van der Waals surface area contributed by atoms with Gasteiger partial charge in [0.25, 0.3) is 5.91 Å². The number of carbonyl (C=O) groups is 2. The number of amides is 2. The smallest absolute Gasteiger partial charge is 0.270 e. The highest BCUT2D eigenvalue weighted by atomic mass is 35.5. The van der Waals surface area contributed by atoms with Crippen molar-refractivity contribution in [1.29, 1.82) is 0 Å². The second-order valence-electron chi connectivity index (χ2n) is 6.13. The first kappa shape index (κ1) is 17.6. The zero-order valence-corrected chi connectivity index (χ0v) is 14.6. The molecule has 0 aromatic heterocycles. The Kier molecular flexibility index (Phi) is 5.52. The number of carbonyl (C=O) groups excluding carboxylic acids is 2. The standard InChI is InChI=1S/C17H23ClN2O3/c1-4-5-9-19-15(21)8-10-20-13-11-12(18)6-7-14(13)23-17(2,3)16(20)22/h6-7,11H,4-5,8-10H2,1-3H3,(H,19,21). The maximum atomic E-state index is 12.6. The van der Waals surface area contributed by atoms with E-state index in [1.165, 1.54) is 0 Å². The van der Waals surface area contributed by atoms with Crippen molar-refractivity contribution in [1.82, 2.24) is 5.32 Å². The van der Waals surface area contributed by atoms with Gasteiger partial charge in [-0.3, -0.25) is 9.59 Å². The van der Waals surface area contributed by atoms with Crippen molar-refractivity contribution in [3.8, 4) is 5.75 Å². The molecule has 0 radical (unpaired) electrons. The van der Waals surface area contributed by atoms with E-state index in [2.05, 4.69) is 12.2 Å². The first-order valence-electron chi connectivity index (χ1n) is 7.92. The first-order valence-corrected chi connectivity index (χ1v) is 8.30. The molecule has 1 N–H and O–H groups in total. The maximum absolute atomic E-state index is 12.6. The number of fused-ring (bicyclic) bond motifs is 1. The number of hydrogen-bond acceptors (Lipinski definition) is 3. The van der Waals surface area contributed by atoms with E-state index in [0.29, 0.717) is 29.5 Å². The molecule has 1 aromatic carbocycles. The highest BCUT2D eigenvalue weighted by Crippen LogP contribution is 2.39. The fourth-order valence-corrected chi connectivity index (χ4v) is 2.64. The van der Waals surface area contributed by atoms with Gasteiger partial charge in [-0.25, -0.2) is 0 Å². The van der Waals surface area contributed by atoms with E-state index in [0.717, 1.165) is 12.8 Å². The minimum atomic E-state index is -0.959. The van der Waals surface area contributed by atoms with Crippen LogP contribution in [0.3, 0.4) is 0 Å². The lowest BCUT2D eigenvalue weighted by molar-refractivity contribution is -0.132. The van der Waals surface area contributed by atoms with Crippen LogP contribution in [0.25, 0.3) is 0 Å². The molecule has 0 unspecified atom stereocenters. The molecule has 0 fully saturated rings. The summed E-state index contributed by atoms with van der Waals surface area (Å²) in [4.78, 5) is 26.1. The SMILES string of the molecule is CCCCNC(=O)CCN1C(=O)C(C)(C)Oc2ccc(Cl)cc21. The molecular formula is C17H23ClN2O3. The zero-order chi connectivity index (χ0) is 17.0. The van der Waals surface area contributed by atoms with Crippen LogP contribution in [0.2, 0.25) is 5.02 Å². The van der Waals surface area contributed by atoms with Crippen molar-refractivity contribution >= 4 is 29.1 Å². The number of benzene rings is 1. The largest absolute Gasteiger partial charge is 0.476 e. The van der Waals surface area contributed by atoms with Crippen LogP contribution in [0.15, 0.2) is 18.2 Å². The summed E-state index contributed by atoms with van der Waals surface area (Å²) < 4.78 is 5.75. The van der Waals surface area contributed by atoms with Crippen LogP contribution in [0.1, 0.15) is 40.0 Å². The molecule has 0 saturated carbocycles. The molecule has 0 saturated heterocycles. The van der Waals surface area contributed by atoms with E-state index in [1.54, 1.807) is 36.9 Å². The van der Waals surface area contributed by atoms with Crippen LogP contribution in [-0.4, -0.2) is 30.5 Å². The quantitative estimate of drug-likeness (QED) is 0.811. The number of halogens is 1. The van der Waals surface area contributed by atoms with Crippen molar-refractivity contribution < 1.29 is 14.3 Å². The molecular weight excluding hydrogens is 316 g/mol. The van der Waals surface area contributed by atoms with Crippen LogP contribution >= 0.6 is 11.6 Å². The highest BCUT2D eigenvalue weighted by Gasteiger charge is 2.40. The van der Waals surface area contributed by atoms with Crippen molar-refractivity contribution in [2.24, 2.45) is 0 Å². The number of unbranched alkanes of at least 4 members (excludes halogenated alkanes) is 1. The lowest BCUT2D eigenvalue weighted by atomic mass is 10.0. The molecule has 2 rings (SSSR count). The summed E-state index contributed by atoms with van der Waals surface area (Å²) in [6.45, 7) is 6.49. The molecule has 1 heterocycles. The Morgan fingerprint density at radius 3 is 2.83 bits per heavy atom. The Hall–Kier alpha value is -1.75. The van der Waals surface area contributed by atoms with Gasteiger partial charge in [0, 0.05) is 24.5 Å². The Morgan fingerprint density at radius 1 is 1.39 bits per heavy atom. The Labute approximate surface area is 141 Å². The van der Waals surface area contributed by atoms with Crippen LogP contribution in [0.5, 0.6) is 5.75 Å². The Balaban J connectivity index is 2.12. The summed E-state index contributed by atoms with van der Waals surface area (Å²) in [5.74, 6) is 0.373. The molecule has 23 heavy (non-hydrogen) atoms. The molecule has 126 valence electrons. The van der Waals surface area contributed by atoms with Crippen LogP contribution < -0.4 is 15.0 Å². The summed E-state index contributed by atoms with van der Waals surface area (Å²) in [7, 11) is 0. The molecule has 0 bridgehead atoms. The van der Waals surface area contributed by atoms with E-state index in [-0.39, 0.29) is 18.2 Å². The average molecular weight is 339 g/mol. The van der Waals surface area contributed by atoms with Crippen molar-refractivity contribution in [2.75, 3.05) is 18.0 Å². The van der Waals surface area contributed by atoms with E-state index < -0.39 is 5.60 Å². The highest BCUT2D eigenvalue weighted by molar-refractivity contribution is 6.31. The number of nitrogens with zero attached hydrogens (tertiary/aromatic N) is 1. The Morgan fingerprint density at radius 2 is 2.13 bits per heavy atom. The molecule has 1 aliphatic heterocycles. The van der Waals surface area contributed by atoms with Crippen LogP contribution in [0, 0.1) is 0 Å². The Bertz CT molecular complexity index is 602. The van der Waals surface area contributed by atoms with E-state index in [4.69, 9.17) is 16.3 Å². The molecule has 0 aliphatic carbocycles. The number of nitrogens with one attached hydrogen (secondary N) is 1. The number of anilines is 1. The third-order valence-corrected chi connectivity index (χ3v) is 3.99. The lowest BCUT2D eigenvalue weighted by Crippen LogP contribution is -2.53. The lowest BCUT2D eigenvalue weighted by Gasteiger charge is -2.38. The third-order valence-electron chi connectivity index (χ3n) is 3.75. The predicted octanol–water partition coefficient (Wildman–Crippen LogP) is 3.15. The number of hydrogen-bond donors (Lipinski definition) is 1. The minimum Gasteiger partial charge on any atom is -0.476 e. The van der Waals surface area contributed by atoms with Gasteiger partial charge in [0.15, 0.2) is 5.60 Å². The average Bonchev–Trinajstić information content (AvgIpc) is 2.49. The topological polar surface area (TPSA) is 58.6 Å². The molecule has 2 amide bonds. The molecule has 0 atom stereocenters.